The summed E-state index contributed by atoms with van der Waals surface area (Å²) in [5.41, 5.74) is 2.30. The first kappa shape index (κ1) is 21.3. The van der Waals surface area contributed by atoms with Crippen molar-refractivity contribution in [1.82, 2.24) is 19.9 Å². The molecule has 0 saturated heterocycles. The molecule has 4 heterocycles. The summed E-state index contributed by atoms with van der Waals surface area (Å²) in [6.45, 7) is 3.01. The number of aryl methyl sites for hydroxylation is 1. The molecule has 3 aromatic rings. The standard InChI is InChI=1S/C21H19F2N5O4/c1-11-7-13(8-26-19(11)32-10-16(22)23)12(2)28-9-15-14(21(28)30)3-4-24-17(15)27-18(29)20-25-5-6-31-20/h3-8,12,16H,9-10H2,1-2H3,(H,24,27,29). The molecule has 0 fully saturated rings. The first-order chi connectivity index (χ1) is 15.3. The van der Waals surface area contributed by atoms with Crippen LogP contribution in [0.4, 0.5) is 14.6 Å². The van der Waals surface area contributed by atoms with Crippen LogP contribution >= 0.6 is 0 Å². The SMILES string of the molecule is Cc1cc(C(C)N2Cc3c(ccnc3NC(=O)c3ncco3)C2=O)cnc1OCC(F)F. The molecule has 32 heavy (non-hydrogen) atoms. The lowest BCUT2D eigenvalue weighted by Gasteiger charge is -2.25. The highest BCUT2D eigenvalue weighted by molar-refractivity contribution is 6.04. The van der Waals surface area contributed by atoms with E-state index in [-0.39, 0.29) is 36.1 Å². The topological polar surface area (TPSA) is 110 Å². The largest absolute Gasteiger partial charge is 0.471 e. The number of nitrogens with zero attached hydrogens (tertiary/aromatic N) is 4. The molecule has 1 N–H and O–H groups in total. The first-order valence-electron chi connectivity index (χ1n) is 9.72. The summed E-state index contributed by atoms with van der Waals surface area (Å²) in [5, 5.41) is 2.63. The quantitative estimate of drug-likeness (QED) is 0.596. The molecule has 1 aliphatic heterocycles. The Balaban J connectivity index is 1.53. The summed E-state index contributed by atoms with van der Waals surface area (Å²) < 4.78 is 34.8. The van der Waals surface area contributed by atoms with Gasteiger partial charge in [-0.1, -0.05) is 0 Å². The number of nitrogens with one attached hydrogen (secondary N) is 1. The number of carbonyl (C=O) groups is 2. The maximum Gasteiger partial charge on any atom is 0.312 e. The Hall–Kier alpha value is -3.89. The van der Waals surface area contributed by atoms with Crippen LogP contribution in [-0.2, 0) is 6.54 Å². The van der Waals surface area contributed by atoms with E-state index in [4.69, 9.17) is 9.15 Å². The second kappa shape index (κ2) is 8.69. The summed E-state index contributed by atoms with van der Waals surface area (Å²) in [6.07, 6.45) is 2.98. The van der Waals surface area contributed by atoms with Gasteiger partial charge in [-0.3, -0.25) is 9.59 Å². The number of pyridine rings is 2. The molecule has 1 aliphatic rings. The number of rotatable bonds is 7. The fraction of sp³-hybridized carbons (Fsp3) is 0.286. The van der Waals surface area contributed by atoms with E-state index < -0.39 is 18.9 Å². The number of carbonyl (C=O) groups excluding carboxylic acids is 2. The minimum atomic E-state index is -2.60. The second-order valence-corrected chi connectivity index (χ2v) is 7.18. The molecule has 3 aromatic heterocycles. The minimum absolute atomic E-state index is 0.116. The number of amides is 2. The van der Waals surface area contributed by atoms with Crippen molar-refractivity contribution < 1.29 is 27.5 Å². The monoisotopic (exact) mass is 443 g/mol. The number of alkyl halides is 2. The van der Waals surface area contributed by atoms with Gasteiger partial charge in [0, 0.05) is 29.1 Å². The molecule has 1 atom stereocenters. The lowest BCUT2D eigenvalue weighted by molar-refractivity contribution is 0.0713. The van der Waals surface area contributed by atoms with Crippen molar-refractivity contribution >= 4 is 17.6 Å². The Labute approximate surface area is 181 Å². The molecule has 2 amide bonds. The van der Waals surface area contributed by atoms with E-state index in [2.05, 4.69) is 20.3 Å². The van der Waals surface area contributed by atoms with Crippen LogP contribution in [0.15, 0.2) is 41.4 Å². The smallest absolute Gasteiger partial charge is 0.312 e. The summed E-state index contributed by atoms with van der Waals surface area (Å²) >= 11 is 0. The minimum Gasteiger partial charge on any atom is -0.471 e. The average molecular weight is 443 g/mol. The van der Waals surface area contributed by atoms with E-state index in [1.165, 1.54) is 24.9 Å². The van der Waals surface area contributed by atoms with Crippen molar-refractivity contribution in [2.45, 2.75) is 32.9 Å². The zero-order chi connectivity index (χ0) is 22.8. The molecule has 0 spiro atoms. The highest BCUT2D eigenvalue weighted by atomic mass is 19.3. The molecule has 0 radical (unpaired) electrons. The van der Waals surface area contributed by atoms with E-state index in [9.17, 15) is 18.4 Å². The molecule has 9 nitrogen and oxygen atoms in total. The Morgan fingerprint density at radius 1 is 1.31 bits per heavy atom. The zero-order valence-corrected chi connectivity index (χ0v) is 17.2. The number of fused-ring (bicyclic) bond motifs is 1. The summed E-state index contributed by atoms with van der Waals surface area (Å²) in [7, 11) is 0. The predicted molar refractivity (Wildman–Crippen MR) is 107 cm³/mol. The molecular weight excluding hydrogens is 424 g/mol. The van der Waals surface area contributed by atoms with Crippen LogP contribution in [0.2, 0.25) is 0 Å². The summed E-state index contributed by atoms with van der Waals surface area (Å²) in [5.74, 6) is -0.544. The number of oxazole rings is 1. The lowest BCUT2D eigenvalue weighted by atomic mass is 10.1. The van der Waals surface area contributed by atoms with Crippen molar-refractivity contribution in [1.29, 1.82) is 0 Å². The van der Waals surface area contributed by atoms with Gasteiger partial charge >= 0.3 is 5.91 Å². The number of hydrogen-bond donors (Lipinski definition) is 1. The van der Waals surface area contributed by atoms with E-state index in [1.807, 2.05) is 6.92 Å². The van der Waals surface area contributed by atoms with Crippen molar-refractivity contribution in [3.8, 4) is 5.88 Å². The highest BCUT2D eigenvalue weighted by Crippen LogP contribution is 2.34. The summed E-state index contributed by atoms with van der Waals surface area (Å²) in [6, 6.07) is 2.97. The maximum absolute atomic E-state index is 13.0. The van der Waals surface area contributed by atoms with Crippen LogP contribution < -0.4 is 10.1 Å². The molecule has 11 heteroatoms. The van der Waals surface area contributed by atoms with Crippen molar-refractivity contribution in [3.63, 3.8) is 0 Å². The molecule has 0 aromatic carbocycles. The third-order valence-electron chi connectivity index (χ3n) is 5.08. The Morgan fingerprint density at radius 2 is 2.12 bits per heavy atom. The number of ether oxygens (including phenoxy) is 1. The van der Waals surface area contributed by atoms with E-state index in [1.54, 1.807) is 24.0 Å². The fourth-order valence-electron chi connectivity index (χ4n) is 3.45. The van der Waals surface area contributed by atoms with Gasteiger partial charge in [-0.15, -0.1) is 0 Å². The van der Waals surface area contributed by atoms with Gasteiger partial charge in [0.15, 0.2) is 6.61 Å². The highest BCUT2D eigenvalue weighted by Gasteiger charge is 2.34. The number of anilines is 1. The predicted octanol–water partition coefficient (Wildman–Crippen LogP) is 3.39. The van der Waals surface area contributed by atoms with E-state index >= 15 is 0 Å². The number of hydrogen-bond acceptors (Lipinski definition) is 7. The Bertz CT molecular complexity index is 1150. The van der Waals surface area contributed by atoms with Gasteiger partial charge in [-0.25, -0.2) is 23.7 Å². The van der Waals surface area contributed by atoms with Gasteiger partial charge in [0.1, 0.15) is 12.1 Å². The molecule has 166 valence electrons. The molecule has 0 saturated carbocycles. The lowest BCUT2D eigenvalue weighted by Crippen LogP contribution is -2.27. The molecule has 1 unspecified atom stereocenters. The van der Waals surface area contributed by atoms with Gasteiger partial charge in [0.25, 0.3) is 18.2 Å². The molecule has 4 rings (SSSR count). The zero-order valence-electron chi connectivity index (χ0n) is 17.2. The van der Waals surface area contributed by atoms with Gasteiger partial charge in [-0.05, 0) is 31.5 Å². The van der Waals surface area contributed by atoms with Crippen LogP contribution in [-0.4, -0.2) is 44.7 Å². The van der Waals surface area contributed by atoms with Gasteiger partial charge in [-0.2, -0.15) is 0 Å². The van der Waals surface area contributed by atoms with E-state index in [0.717, 1.165) is 0 Å². The van der Waals surface area contributed by atoms with Crippen molar-refractivity contribution in [3.05, 3.63) is 65.1 Å². The normalized spacial score (nSPS) is 13.9. The summed E-state index contributed by atoms with van der Waals surface area (Å²) in [4.78, 5) is 39.0. The molecular formula is C21H19F2N5O4. The Kier molecular flexibility index (Phi) is 5.80. The average Bonchev–Trinajstić information content (AvgIpc) is 3.42. The first-order valence-corrected chi connectivity index (χ1v) is 9.72. The fourth-order valence-corrected chi connectivity index (χ4v) is 3.45. The number of halogens is 2. The van der Waals surface area contributed by atoms with Crippen molar-refractivity contribution in [2.24, 2.45) is 0 Å². The third-order valence-corrected chi connectivity index (χ3v) is 5.08. The maximum atomic E-state index is 13.0. The van der Waals surface area contributed by atoms with Gasteiger partial charge in [0.2, 0.25) is 5.88 Å². The second-order valence-electron chi connectivity index (χ2n) is 7.18. The number of aromatic nitrogens is 3. The molecule has 0 bridgehead atoms. The van der Waals surface area contributed by atoms with Crippen molar-refractivity contribution in [2.75, 3.05) is 11.9 Å². The van der Waals surface area contributed by atoms with Crippen LogP contribution in [0, 0.1) is 6.92 Å². The van der Waals surface area contributed by atoms with Crippen LogP contribution in [0.25, 0.3) is 0 Å². The van der Waals surface area contributed by atoms with Crippen LogP contribution in [0.3, 0.4) is 0 Å². The van der Waals surface area contributed by atoms with Crippen LogP contribution in [0.5, 0.6) is 5.88 Å². The van der Waals surface area contributed by atoms with E-state index in [0.29, 0.717) is 22.3 Å². The van der Waals surface area contributed by atoms with Gasteiger partial charge in [0.05, 0.1) is 18.8 Å². The molecule has 0 aliphatic carbocycles. The third kappa shape index (κ3) is 4.13. The van der Waals surface area contributed by atoms with Gasteiger partial charge < -0.3 is 19.4 Å². The van der Waals surface area contributed by atoms with Crippen LogP contribution in [0.1, 0.15) is 50.7 Å². The Morgan fingerprint density at radius 3 is 2.81 bits per heavy atom.